The van der Waals surface area contributed by atoms with Gasteiger partial charge in [0.1, 0.15) is 23.0 Å². The molecule has 0 unspecified atom stereocenters. The lowest BCUT2D eigenvalue weighted by Crippen LogP contribution is -2.03. The summed E-state index contributed by atoms with van der Waals surface area (Å²) in [6, 6.07) is 86.9. The van der Waals surface area contributed by atoms with Crippen LogP contribution in [-0.4, -0.2) is 46.7 Å². The number of rotatable bonds is 8. The molecule has 8 nitrogen and oxygen atoms in total. The topological polar surface area (TPSA) is 56.6 Å². The van der Waals surface area contributed by atoms with Crippen LogP contribution in [0.2, 0.25) is 0 Å². The van der Waals surface area contributed by atoms with Crippen molar-refractivity contribution >= 4 is 87.2 Å². The Morgan fingerprint density at radius 2 is 0.421 bits per heavy atom. The van der Waals surface area contributed by atoms with E-state index in [0.29, 0.717) is 0 Å². The van der Waals surface area contributed by atoms with Gasteiger partial charge in [-0.25, -0.2) is 0 Å². The lowest BCUT2D eigenvalue weighted by molar-refractivity contribution is 0.414. The number of hydrogen-bond acceptors (Lipinski definition) is 4. The van der Waals surface area contributed by atoms with Gasteiger partial charge in [-0.3, -0.25) is 0 Å². The lowest BCUT2D eigenvalue weighted by Gasteiger charge is -2.18. The van der Waals surface area contributed by atoms with Crippen LogP contribution in [0.15, 0.2) is 243 Å². The first-order chi connectivity index (χ1) is 37.4. The van der Waals surface area contributed by atoms with Crippen molar-refractivity contribution < 1.29 is 18.9 Å². The summed E-state index contributed by atoms with van der Waals surface area (Å²) < 4.78 is 32.2. The van der Waals surface area contributed by atoms with Crippen molar-refractivity contribution in [3.05, 3.63) is 243 Å². The third-order valence-electron chi connectivity index (χ3n) is 14.6. The van der Waals surface area contributed by atoms with E-state index in [-0.39, 0.29) is 0 Å². The van der Waals surface area contributed by atoms with Crippen LogP contribution < -0.4 is 18.9 Å². The zero-order chi connectivity index (χ0) is 51.3. The molecule has 0 spiro atoms. The molecule has 0 amide bonds. The van der Waals surface area contributed by atoms with E-state index in [4.69, 9.17) is 18.9 Å². The van der Waals surface area contributed by atoms with E-state index in [0.717, 1.165) is 133 Å². The van der Waals surface area contributed by atoms with Crippen molar-refractivity contribution in [3.63, 3.8) is 0 Å². The van der Waals surface area contributed by atoms with Gasteiger partial charge in [-0.15, -0.1) is 0 Å². The first-order valence-electron chi connectivity index (χ1n) is 25.3. The predicted molar refractivity (Wildman–Crippen MR) is 314 cm³/mol. The summed E-state index contributed by atoms with van der Waals surface area (Å²) in [7, 11) is 6.82. The van der Waals surface area contributed by atoms with Gasteiger partial charge in [-0.1, -0.05) is 48.5 Å². The Bertz CT molecular complexity index is 3970. The Hall–Kier alpha value is -9.92. The molecule has 0 fully saturated rings. The number of fused-ring (bicyclic) bond motifs is 6. The van der Waals surface area contributed by atoms with E-state index >= 15 is 0 Å². The molecular weight excluding hydrogens is 937 g/mol. The van der Waals surface area contributed by atoms with Crippen LogP contribution in [0.4, 0.5) is 0 Å². The molecular formula is C68H52N4O4. The fourth-order valence-corrected chi connectivity index (χ4v) is 10.8. The molecule has 0 radical (unpaired) electrons. The van der Waals surface area contributed by atoms with Crippen LogP contribution in [0.25, 0.3) is 110 Å². The summed E-state index contributed by atoms with van der Waals surface area (Å²) in [5.41, 5.74) is 11.9. The number of aromatic nitrogens is 4. The van der Waals surface area contributed by atoms with Gasteiger partial charge >= 0.3 is 0 Å². The van der Waals surface area contributed by atoms with Crippen LogP contribution >= 0.6 is 0 Å². The van der Waals surface area contributed by atoms with Crippen molar-refractivity contribution in [3.8, 4) is 45.7 Å². The second kappa shape index (κ2) is 19.2. The van der Waals surface area contributed by atoms with Gasteiger partial charge in [0.15, 0.2) is 0 Å². The molecule has 13 rings (SSSR count). The molecule has 1 aromatic heterocycles. The zero-order valence-electron chi connectivity index (χ0n) is 42.5. The van der Waals surface area contributed by atoms with Crippen LogP contribution in [0.3, 0.4) is 0 Å². The van der Waals surface area contributed by atoms with E-state index < -0.39 is 0 Å². The molecule has 0 atom stereocenters. The molecule has 0 aliphatic heterocycles. The van der Waals surface area contributed by atoms with Crippen molar-refractivity contribution in [2.45, 2.75) is 0 Å². The van der Waals surface area contributed by atoms with Gasteiger partial charge in [-0.2, -0.15) is 0 Å². The number of benzene rings is 12. The first-order valence-corrected chi connectivity index (χ1v) is 25.3. The minimum absolute atomic E-state index is 0.785. The fraction of sp³-hybridized carbons (Fsp3) is 0.0588. The average Bonchev–Trinajstić information content (AvgIpc) is 3.53. The third kappa shape index (κ3) is 8.22. The molecule has 8 bridgehead atoms. The van der Waals surface area contributed by atoms with Crippen LogP contribution in [-0.2, 0) is 0 Å². The monoisotopic (exact) mass is 988 g/mol. The molecule has 12 aromatic carbocycles. The lowest BCUT2D eigenvalue weighted by atomic mass is 10.0. The Morgan fingerprint density at radius 1 is 0.211 bits per heavy atom. The van der Waals surface area contributed by atoms with E-state index in [1.54, 1.807) is 28.4 Å². The number of hydrogen-bond donors (Lipinski definition) is 0. The summed E-state index contributed by atoms with van der Waals surface area (Å²) in [6.07, 6.45) is 0. The third-order valence-corrected chi connectivity index (χ3v) is 14.6. The summed E-state index contributed by atoms with van der Waals surface area (Å²) in [6.45, 7) is 0. The van der Waals surface area contributed by atoms with Gasteiger partial charge < -0.3 is 37.2 Å². The number of para-hydroxylation sites is 4. The van der Waals surface area contributed by atoms with Gasteiger partial charge in [0, 0.05) is 44.8 Å². The van der Waals surface area contributed by atoms with Crippen LogP contribution in [0.1, 0.15) is 0 Å². The maximum atomic E-state index is 5.70. The molecule has 0 saturated heterocycles. The molecule has 0 aliphatic rings. The normalized spacial score (nSPS) is 11.4. The molecule has 1 heterocycles. The van der Waals surface area contributed by atoms with Gasteiger partial charge in [0.2, 0.25) is 0 Å². The smallest absolute Gasteiger partial charge is 0.119 e. The Balaban J connectivity index is 1.25. The summed E-state index contributed by atoms with van der Waals surface area (Å²) in [5, 5.41) is 8.99. The minimum Gasteiger partial charge on any atom is -0.497 e. The van der Waals surface area contributed by atoms with Crippen LogP contribution in [0.5, 0.6) is 23.0 Å². The maximum Gasteiger partial charge on any atom is 0.119 e. The molecule has 0 N–H and O–H groups in total. The molecule has 76 heavy (non-hydrogen) atoms. The molecule has 13 aromatic rings. The highest BCUT2D eigenvalue weighted by Crippen LogP contribution is 2.34. The first kappa shape index (κ1) is 45.9. The highest BCUT2D eigenvalue weighted by Gasteiger charge is 2.14. The van der Waals surface area contributed by atoms with Crippen molar-refractivity contribution in [2.75, 3.05) is 28.4 Å². The fourth-order valence-electron chi connectivity index (χ4n) is 10.8. The number of nitrogens with zero attached hydrogens (tertiary/aromatic N) is 4. The Kier molecular flexibility index (Phi) is 11.6. The maximum absolute atomic E-state index is 5.70. The zero-order valence-corrected chi connectivity index (χ0v) is 42.5. The standard InChI is InChI=1S/C68H52N4O4/c1-73-61-29-21-53(22-30-61)69-57-17-13-45-37-46-15-19-59(43-50(46)39-49(45)41-57)71(55-25-33-63(75-3)34-26-55)67-11-7-8-12-68(67)72(56-27-35-64(76-4)36-28-56)60-20-16-48-38-47-14-18-58(42-51(47)40-52(48)44-60)70(66-10-6-5-9-65(66)69)54-23-31-62(74-2)32-24-54/h5-44H,1-4H3. The summed E-state index contributed by atoms with van der Waals surface area (Å²) in [5.74, 6) is 3.14. The molecule has 0 saturated carbocycles. The average molecular weight is 989 g/mol. The molecule has 0 aliphatic carbocycles. The second-order valence-electron chi connectivity index (χ2n) is 18.9. The van der Waals surface area contributed by atoms with Crippen molar-refractivity contribution in [1.29, 1.82) is 0 Å². The highest BCUT2D eigenvalue weighted by atomic mass is 16.5. The second-order valence-corrected chi connectivity index (χ2v) is 18.9. The van der Waals surface area contributed by atoms with Crippen molar-refractivity contribution in [1.82, 2.24) is 18.3 Å². The van der Waals surface area contributed by atoms with E-state index in [9.17, 15) is 0 Å². The SMILES string of the molecule is COc1ccc(-n2c3ccc4cc5ccc(cc5cc4c3)n(-c3ccc(OC)cc3)c3ccccc3n(-c3ccc(OC)cc3)c3ccc4cc5ccc(cc5cc4c3)n(-c3ccc(OC)cc3)c3ccccc32)cc1. The van der Waals surface area contributed by atoms with Gasteiger partial charge in [-0.05, 0) is 237 Å². The van der Waals surface area contributed by atoms with Gasteiger partial charge in [0.05, 0.1) is 50.5 Å². The highest BCUT2D eigenvalue weighted by molar-refractivity contribution is 6.03. The summed E-state index contributed by atoms with van der Waals surface area (Å²) >= 11 is 0. The van der Waals surface area contributed by atoms with E-state index in [1.807, 2.05) is 48.5 Å². The Morgan fingerprint density at radius 3 is 0.632 bits per heavy atom. The Labute approximate surface area is 439 Å². The van der Waals surface area contributed by atoms with E-state index in [1.165, 1.54) is 0 Å². The molecule has 368 valence electrons. The summed E-state index contributed by atoms with van der Waals surface area (Å²) in [4.78, 5) is 0. The van der Waals surface area contributed by atoms with Crippen molar-refractivity contribution in [2.24, 2.45) is 0 Å². The largest absolute Gasteiger partial charge is 0.497 e. The quantitative estimate of drug-likeness (QED) is 0.142. The number of methoxy groups -OCH3 is 4. The minimum atomic E-state index is 0.785. The van der Waals surface area contributed by atoms with Gasteiger partial charge in [0.25, 0.3) is 0 Å². The predicted octanol–water partition coefficient (Wildman–Crippen LogP) is 16.9. The molecule has 8 heteroatoms. The number of ether oxygens (including phenoxy) is 4. The van der Waals surface area contributed by atoms with Crippen LogP contribution in [0, 0.1) is 0 Å². The van der Waals surface area contributed by atoms with E-state index in [2.05, 4.69) is 212 Å².